The number of hydrogen-bond acceptors (Lipinski definition) is 3. The zero-order valence-corrected chi connectivity index (χ0v) is 13.2. The van der Waals surface area contributed by atoms with E-state index in [1.54, 1.807) is 19.2 Å². The van der Waals surface area contributed by atoms with E-state index >= 15 is 0 Å². The van der Waals surface area contributed by atoms with Gasteiger partial charge in [0.15, 0.2) is 0 Å². The second kappa shape index (κ2) is 7.13. The molecule has 0 unspecified atom stereocenters. The Kier molecular flexibility index (Phi) is 5.22. The molecule has 110 valence electrons. The van der Waals surface area contributed by atoms with Gasteiger partial charge in [0.05, 0.1) is 12.7 Å². The highest BCUT2D eigenvalue weighted by Crippen LogP contribution is 2.24. The van der Waals surface area contributed by atoms with Crippen molar-refractivity contribution in [3.63, 3.8) is 0 Å². The fraction of sp³-hybridized carbons (Fsp3) is 0.188. The molecule has 0 fully saturated rings. The number of rotatable bonds is 6. The third-order valence-corrected chi connectivity index (χ3v) is 3.78. The Labute approximate surface area is 131 Å². The van der Waals surface area contributed by atoms with Crippen molar-refractivity contribution in [3.05, 3.63) is 58.1 Å². The maximum absolute atomic E-state index is 11.3. The van der Waals surface area contributed by atoms with Gasteiger partial charge in [0, 0.05) is 16.7 Å². The summed E-state index contributed by atoms with van der Waals surface area (Å²) in [6.45, 7) is 0.656. The Morgan fingerprint density at radius 3 is 2.57 bits per heavy atom. The predicted molar refractivity (Wildman–Crippen MR) is 86.3 cm³/mol. The number of hydrogen-bond donors (Lipinski definition) is 2. The molecule has 0 atom stereocenters. The van der Waals surface area contributed by atoms with E-state index in [1.807, 2.05) is 30.3 Å². The van der Waals surface area contributed by atoms with Crippen molar-refractivity contribution in [1.82, 2.24) is 0 Å². The maximum Gasteiger partial charge on any atom is 0.338 e. The van der Waals surface area contributed by atoms with E-state index in [0.717, 1.165) is 17.7 Å². The van der Waals surface area contributed by atoms with Crippen molar-refractivity contribution in [3.8, 4) is 5.75 Å². The van der Waals surface area contributed by atoms with Crippen LogP contribution < -0.4 is 10.1 Å². The average Bonchev–Trinajstić information content (AvgIpc) is 2.47. The average molecular weight is 350 g/mol. The third-order valence-electron chi connectivity index (χ3n) is 3.12. The lowest BCUT2D eigenvalue weighted by Crippen LogP contribution is -2.10. The number of nitrogens with one attached hydrogen (secondary N) is 1. The number of carboxylic acid groups (broad SMARTS) is 1. The first kappa shape index (κ1) is 15.4. The Balaban J connectivity index is 2.00. The molecule has 0 saturated carbocycles. The van der Waals surface area contributed by atoms with Crippen LogP contribution >= 0.6 is 15.9 Å². The molecular formula is C16H16BrNO3. The highest BCUT2D eigenvalue weighted by molar-refractivity contribution is 9.10. The van der Waals surface area contributed by atoms with Gasteiger partial charge in [0.2, 0.25) is 0 Å². The minimum absolute atomic E-state index is 0.257. The minimum Gasteiger partial charge on any atom is -0.497 e. The van der Waals surface area contributed by atoms with Crippen molar-refractivity contribution >= 4 is 27.6 Å². The summed E-state index contributed by atoms with van der Waals surface area (Å²) in [6.07, 6.45) is 0.801. The molecule has 2 N–H and O–H groups in total. The number of ether oxygens (including phenoxy) is 1. The Morgan fingerprint density at radius 1 is 1.24 bits per heavy atom. The van der Waals surface area contributed by atoms with E-state index < -0.39 is 5.97 Å². The standard InChI is InChI=1S/C16H16BrNO3/c1-21-12-7-5-11(6-8-12)9-10-18-14-4-2-3-13(17)15(14)16(19)20/h2-8,18H,9-10H2,1H3,(H,19,20). The van der Waals surface area contributed by atoms with Gasteiger partial charge in [-0.05, 0) is 52.2 Å². The van der Waals surface area contributed by atoms with Crippen LogP contribution in [0.2, 0.25) is 0 Å². The highest BCUT2D eigenvalue weighted by atomic mass is 79.9. The molecule has 2 rings (SSSR count). The smallest absolute Gasteiger partial charge is 0.338 e. The Hall–Kier alpha value is -2.01. The molecule has 2 aromatic carbocycles. The van der Waals surface area contributed by atoms with Crippen LogP contribution in [0.1, 0.15) is 15.9 Å². The maximum atomic E-state index is 11.3. The number of aromatic carboxylic acids is 1. The van der Waals surface area contributed by atoms with Gasteiger partial charge >= 0.3 is 5.97 Å². The van der Waals surface area contributed by atoms with E-state index in [1.165, 1.54) is 0 Å². The van der Waals surface area contributed by atoms with Gasteiger partial charge in [-0.3, -0.25) is 0 Å². The molecule has 0 aromatic heterocycles. The van der Waals surface area contributed by atoms with Crippen molar-refractivity contribution in [2.24, 2.45) is 0 Å². The van der Waals surface area contributed by atoms with Crippen LogP contribution in [-0.4, -0.2) is 24.7 Å². The molecule has 0 aliphatic heterocycles. The van der Waals surface area contributed by atoms with Gasteiger partial charge in [0.1, 0.15) is 5.75 Å². The second-order valence-corrected chi connectivity index (χ2v) is 5.35. The van der Waals surface area contributed by atoms with Gasteiger partial charge in [-0.2, -0.15) is 0 Å². The van der Waals surface area contributed by atoms with E-state index in [2.05, 4.69) is 21.2 Å². The van der Waals surface area contributed by atoms with Crippen LogP contribution in [0.4, 0.5) is 5.69 Å². The van der Waals surface area contributed by atoms with Crippen molar-refractivity contribution in [2.75, 3.05) is 19.0 Å². The normalized spacial score (nSPS) is 10.2. The lowest BCUT2D eigenvalue weighted by atomic mass is 10.1. The molecule has 0 radical (unpaired) electrons. The number of benzene rings is 2. The molecule has 21 heavy (non-hydrogen) atoms. The van der Waals surface area contributed by atoms with Crippen LogP contribution in [0.15, 0.2) is 46.9 Å². The summed E-state index contributed by atoms with van der Waals surface area (Å²) in [7, 11) is 1.64. The quantitative estimate of drug-likeness (QED) is 0.832. The van der Waals surface area contributed by atoms with Crippen LogP contribution in [0.3, 0.4) is 0 Å². The molecule has 0 spiro atoms. The van der Waals surface area contributed by atoms with E-state index in [-0.39, 0.29) is 5.56 Å². The Bertz CT molecular complexity index is 626. The summed E-state index contributed by atoms with van der Waals surface area (Å²) >= 11 is 3.27. The van der Waals surface area contributed by atoms with Crippen LogP contribution in [0.25, 0.3) is 0 Å². The molecule has 0 amide bonds. The van der Waals surface area contributed by atoms with E-state index in [0.29, 0.717) is 16.7 Å². The molecule has 5 heteroatoms. The highest BCUT2D eigenvalue weighted by Gasteiger charge is 2.13. The first-order chi connectivity index (χ1) is 10.1. The third kappa shape index (κ3) is 3.98. The van der Waals surface area contributed by atoms with Crippen LogP contribution in [0.5, 0.6) is 5.75 Å². The number of anilines is 1. The minimum atomic E-state index is -0.950. The van der Waals surface area contributed by atoms with Crippen LogP contribution in [-0.2, 0) is 6.42 Å². The van der Waals surface area contributed by atoms with Crippen molar-refractivity contribution < 1.29 is 14.6 Å². The molecule has 4 nitrogen and oxygen atoms in total. The monoisotopic (exact) mass is 349 g/mol. The molecule has 0 aliphatic rings. The van der Waals surface area contributed by atoms with Gasteiger partial charge < -0.3 is 15.2 Å². The fourth-order valence-corrected chi connectivity index (χ4v) is 2.56. The van der Waals surface area contributed by atoms with Gasteiger partial charge in [-0.15, -0.1) is 0 Å². The summed E-state index contributed by atoms with van der Waals surface area (Å²) in [5.74, 6) is -0.124. The molecule has 2 aromatic rings. The predicted octanol–water partition coefficient (Wildman–Crippen LogP) is 3.81. The number of carbonyl (C=O) groups is 1. The Morgan fingerprint density at radius 2 is 1.95 bits per heavy atom. The first-order valence-electron chi connectivity index (χ1n) is 6.50. The lowest BCUT2D eigenvalue weighted by Gasteiger charge is -2.11. The summed E-state index contributed by atoms with van der Waals surface area (Å²) in [5.41, 5.74) is 2.03. The van der Waals surface area contributed by atoms with Crippen LogP contribution in [0, 0.1) is 0 Å². The number of halogens is 1. The zero-order chi connectivity index (χ0) is 15.2. The first-order valence-corrected chi connectivity index (χ1v) is 7.29. The fourth-order valence-electron chi connectivity index (χ4n) is 2.02. The molecule has 0 bridgehead atoms. The van der Waals surface area contributed by atoms with E-state index in [4.69, 9.17) is 4.74 Å². The summed E-state index contributed by atoms with van der Waals surface area (Å²) in [6, 6.07) is 13.1. The van der Waals surface area contributed by atoms with Gasteiger partial charge in [0.25, 0.3) is 0 Å². The second-order valence-electron chi connectivity index (χ2n) is 4.49. The van der Waals surface area contributed by atoms with Crippen molar-refractivity contribution in [2.45, 2.75) is 6.42 Å². The van der Waals surface area contributed by atoms with Crippen molar-refractivity contribution in [1.29, 1.82) is 0 Å². The number of methoxy groups -OCH3 is 1. The lowest BCUT2D eigenvalue weighted by molar-refractivity contribution is 0.0697. The zero-order valence-electron chi connectivity index (χ0n) is 11.6. The topological polar surface area (TPSA) is 58.6 Å². The molecule has 0 saturated heterocycles. The van der Waals surface area contributed by atoms with E-state index in [9.17, 15) is 9.90 Å². The SMILES string of the molecule is COc1ccc(CCNc2cccc(Br)c2C(=O)O)cc1. The number of carboxylic acids is 1. The molecular weight excluding hydrogens is 334 g/mol. The largest absolute Gasteiger partial charge is 0.497 e. The summed E-state index contributed by atoms with van der Waals surface area (Å²) in [5, 5.41) is 12.4. The summed E-state index contributed by atoms with van der Waals surface area (Å²) in [4.78, 5) is 11.3. The molecule has 0 aliphatic carbocycles. The molecule has 0 heterocycles. The van der Waals surface area contributed by atoms with Gasteiger partial charge in [-0.25, -0.2) is 4.79 Å². The van der Waals surface area contributed by atoms with Gasteiger partial charge in [-0.1, -0.05) is 18.2 Å². The summed E-state index contributed by atoms with van der Waals surface area (Å²) < 4.78 is 5.69.